The lowest BCUT2D eigenvalue weighted by molar-refractivity contribution is -0.660. The van der Waals surface area contributed by atoms with Crippen LogP contribution in [0, 0.1) is 13.8 Å². The predicted octanol–water partition coefficient (Wildman–Crippen LogP) is 5.76. The Morgan fingerprint density at radius 2 is 1.68 bits per heavy atom. The molecular weight excluding hydrogens is 302 g/mol. The summed E-state index contributed by atoms with van der Waals surface area (Å²) < 4.78 is 49.9. The molecule has 0 unspecified atom stereocenters. The van der Waals surface area contributed by atoms with Gasteiger partial charge in [-0.05, 0) is 53.1 Å². The zero-order valence-electron chi connectivity index (χ0n) is 21.2. The predicted molar refractivity (Wildman–Crippen MR) is 107 cm³/mol. The number of aryl methyl sites for hydroxylation is 3. The molecule has 0 radical (unpaired) electrons. The summed E-state index contributed by atoms with van der Waals surface area (Å²) in [5.41, 5.74) is 4.00. The van der Waals surface area contributed by atoms with Gasteiger partial charge in [-0.15, -0.1) is 0 Å². The number of hydrogen-bond donors (Lipinski definition) is 0. The Kier molecular flexibility index (Phi) is 2.92. The van der Waals surface area contributed by atoms with Crippen molar-refractivity contribution < 1.29 is 12.8 Å². The van der Waals surface area contributed by atoms with Gasteiger partial charge in [-0.1, -0.05) is 57.1 Å². The third-order valence-electron chi connectivity index (χ3n) is 4.60. The van der Waals surface area contributed by atoms with Crippen molar-refractivity contribution >= 4 is 0 Å². The zero-order chi connectivity index (χ0) is 23.2. The monoisotopic (exact) mass is 336 g/mol. The second kappa shape index (κ2) is 6.48. The van der Waals surface area contributed by atoms with Crippen molar-refractivity contribution in [3.05, 3.63) is 77.5 Å². The molecule has 0 fully saturated rings. The van der Waals surface area contributed by atoms with E-state index in [2.05, 4.69) is 19.1 Å². The van der Waals surface area contributed by atoms with E-state index in [0.29, 0.717) is 5.56 Å². The van der Waals surface area contributed by atoms with Crippen molar-refractivity contribution in [3.8, 4) is 22.4 Å². The third kappa shape index (κ3) is 3.51. The van der Waals surface area contributed by atoms with Gasteiger partial charge < -0.3 is 0 Å². The number of rotatable bonds is 2. The van der Waals surface area contributed by atoms with E-state index in [1.807, 2.05) is 48.1 Å². The van der Waals surface area contributed by atoms with Gasteiger partial charge in [-0.3, -0.25) is 0 Å². The van der Waals surface area contributed by atoms with Gasteiger partial charge in [-0.2, -0.15) is 0 Å². The Morgan fingerprint density at radius 1 is 0.920 bits per heavy atom. The van der Waals surface area contributed by atoms with Crippen molar-refractivity contribution in [1.82, 2.24) is 0 Å². The van der Waals surface area contributed by atoms with Crippen LogP contribution in [0.15, 0.2) is 60.8 Å². The van der Waals surface area contributed by atoms with Crippen LogP contribution in [0.2, 0.25) is 0 Å². The van der Waals surface area contributed by atoms with E-state index in [-0.39, 0.29) is 5.56 Å². The van der Waals surface area contributed by atoms with Gasteiger partial charge in [0.2, 0.25) is 5.69 Å². The topological polar surface area (TPSA) is 3.88 Å². The summed E-state index contributed by atoms with van der Waals surface area (Å²) in [4.78, 5) is 0. The molecule has 1 heterocycles. The van der Waals surface area contributed by atoms with Gasteiger partial charge in [0.15, 0.2) is 6.20 Å². The van der Waals surface area contributed by atoms with Gasteiger partial charge in [0.25, 0.3) is 0 Å². The fraction of sp³-hybridized carbons (Fsp3) is 0.292. The Hall–Kier alpha value is -2.41. The molecule has 0 saturated heterocycles. The summed E-state index contributed by atoms with van der Waals surface area (Å²) in [5, 5.41) is 0. The van der Waals surface area contributed by atoms with E-state index >= 15 is 0 Å². The van der Waals surface area contributed by atoms with Crippen molar-refractivity contribution in [1.29, 1.82) is 0 Å². The Labute approximate surface area is 160 Å². The van der Waals surface area contributed by atoms with Crippen LogP contribution in [0.25, 0.3) is 22.4 Å². The van der Waals surface area contributed by atoms with Crippen LogP contribution in [0.3, 0.4) is 0 Å². The van der Waals surface area contributed by atoms with E-state index in [0.717, 1.165) is 27.9 Å². The van der Waals surface area contributed by atoms with Gasteiger partial charge >= 0.3 is 0 Å². The number of hydrogen-bond acceptors (Lipinski definition) is 0. The van der Waals surface area contributed by atoms with Crippen molar-refractivity contribution in [2.45, 2.75) is 39.9 Å². The first-order valence-electron chi connectivity index (χ1n) is 11.4. The van der Waals surface area contributed by atoms with Crippen molar-refractivity contribution in [2.24, 2.45) is 7.05 Å². The van der Waals surface area contributed by atoms with Crippen molar-refractivity contribution in [2.75, 3.05) is 0 Å². The minimum atomic E-state index is -2.42. The maximum atomic E-state index is 8.04. The molecule has 0 atom stereocenters. The maximum Gasteiger partial charge on any atom is 0.213 e. The van der Waals surface area contributed by atoms with Crippen LogP contribution in [0.4, 0.5) is 0 Å². The quantitative estimate of drug-likeness (QED) is 0.524. The lowest BCUT2D eigenvalue weighted by Crippen LogP contribution is -2.30. The summed E-state index contributed by atoms with van der Waals surface area (Å²) in [7, 11) is 1.97. The maximum absolute atomic E-state index is 8.04. The molecule has 3 aromatic rings. The summed E-state index contributed by atoms with van der Waals surface area (Å²) in [6, 6.07) is 17.2. The van der Waals surface area contributed by atoms with Crippen LogP contribution in [-0.4, -0.2) is 0 Å². The summed E-state index contributed by atoms with van der Waals surface area (Å²) in [6.45, 7) is 0.450. The minimum Gasteiger partial charge on any atom is -0.201 e. The highest BCUT2D eigenvalue weighted by atomic mass is 14.9. The molecule has 0 spiro atoms. The second-order valence-electron chi connectivity index (χ2n) is 7.11. The van der Waals surface area contributed by atoms with Crippen molar-refractivity contribution in [3.63, 3.8) is 0 Å². The number of aromatic nitrogens is 1. The number of pyridine rings is 1. The Bertz CT molecular complexity index is 1110. The molecule has 25 heavy (non-hydrogen) atoms. The lowest BCUT2D eigenvalue weighted by atomic mass is 9.83. The first-order chi connectivity index (χ1) is 14.2. The highest BCUT2D eigenvalue weighted by Crippen LogP contribution is 2.31. The molecule has 0 aliphatic heterocycles. The highest BCUT2D eigenvalue weighted by molar-refractivity contribution is 5.71. The molecule has 2 aromatic carbocycles. The van der Waals surface area contributed by atoms with Crippen LogP contribution in [0.1, 0.15) is 45.6 Å². The molecule has 128 valence electrons. The van der Waals surface area contributed by atoms with Crippen LogP contribution in [-0.2, 0) is 12.5 Å². The molecule has 0 saturated carbocycles. The molecule has 1 nitrogen and oxygen atoms in total. The van der Waals surface area contributed by atoms with E-state index in [1.54, 1.807) is 26.0 Å². The number of benzene rings is 2. The molecule has 0 aliphatic rings. The molecular formula is C24H28N+. The standard InChI is InChI=1S/C24H28N/c1-17-9-7-8-10-21(17)23-16-20(13-14-25(23)6)19-11-12-22(18(2)15-19)24(3,4)5/h7-16H,1-6H3/q+1/i2D3,3D3. The summed E-state index contributed by atoms with van der Waals surface area (Å²) in [5.74, 6) is 0. The highest BCUT2D eigenvalue weighted by Gasteiger charge is 2.18. The van der Waals surface area contributed by atoms with Crippen LogP contribution < -0.4 is 4.57 Å². The van der Waals surface area contributed by atoms with Gasteiger partial charge in [0.1, 0.15) is 7.05 Å². The molecule has 1 aromatic heterocycles. The lowest BCUT2D eigenvalue weighted by Gasteiger charge is -2.22. The van der Waals surface area contributed by atoms with Gasteiger partial charge in [0, 0.05) is 25.9 Å². The van der Waals surface area contributed by atoms with E-state index < -0.39 is 19.1 Å². The van der Waals surface area contributed by atoms with Gasteiger partial charge in [0.05, 0.1) is 0 Å². The minimum absolute atomic E-state index is 0.0804. The van der Waals surface area contributed by atoms with E-state index in [4.69, 9.17) is 8.22 Å². The molecule has 0 N–H and O–H groups in total. The van der Waals surface area contributed by atoms with Gasteiger partial charge in [-0.25, -0.2) is 4.57 Å². The fourth-order valence-electron chi connectivity index (χ4n) is 3.15. The fourth-order valence-corrected chi connectivity index (χ4v) is 3.15. The summed E-state index contributed by atoms with van der Waals surface area (Å²) in [6.07, 6.45) is 1.95. The van der Waals surface area contributed by atoms with Crippen LogP contribution >= 0.6 is 0 Å². The Morgan fingerprint density at radius 3 is 2.40 bits per heavy atom. The first kappa shape index (κ1) is 11.3. The molecule has 0 amide bonds. The normalized spacial score (nSPS) is 16.2. The molecule has 0 aliphatic carbocycles. The summed E-state index contributed by atoms with van der Waals surface area (Å²) >= 11 is 0. The SMILES string of the molecule is [2H]C([2H])([2H])c1cc(-c2cc[n+](C)c(-c3ccccc3C)c2)ccc1C(C)(C)C([2H])([2H])[2H]. The third-order valence-corrected chi connectivity index (χ3v) is 4.60. The Balaban J connectivity index is 2.20. The average Bonchev–Trinajstić information content (AvgIpc) is 2.67. The number of nitrogens with zero attached hydrogens (tertiary/aromatic N) is 1. The molecule has 3 rings (SSSR count). The zero-order valence-corrected chi connectivity index (χ0v) is 15.2. The first-order valence-corrected chi connectivity index (χ1v) is 8.44. The second-order valence-corrected chi connectivity index (χ2v) is 7.11. The smallest absolute Gasteiger partial charge is 0.201 e. The van der Waals surface area contributed by atoms with Crippen LogP contribution in [0.5, 0.6) is 0 Å². The molecule has 0 bridgehead atoms. The largest absolute Gasteiger partial charge is 0.213 e. The van der Waals surface area contributed by atoms with E-state index in [9.17, 15) is 0 Å². The average molecular weight is 337 g/mol. The molecule has 1 heteroatoms. The van der Waals surface area contributed by atoms with E-state index in [1.165, 1.54) is 0 Å².